The molecular formula is C40H46N6O8. The van der Waals surface area contributed by atoms with Crippen molar-refractivity contribution in [2.24, 2.45) is 0 Å². The summed E-state index contributed by atoms with van der Waals surface area (Å²) in [7, 11) is 0. The second-order valence-corrected chi connectivity index (χ2v) is 14.3. The monoisotopic (exact) mass is 738 g/mol. The molecule has 4 N–H and O–H groups in total. The van der Waals surface area contributed by atoms with Crippen LogP contribution in [0.5, 0.6) is 0 Å². The minimum absolute atomic E-state index is 0.00576. The van der Waals surface area contributed by atoms with Crippen molar-refractivity contribution < 1.29 is 38.9 Å². The number of amides is 2. The lowest BCUT2D eigenvalue weighted by Crippen LogP contribution is -2.47. The highest BCUT2D eigenvalue weighted by atomic mass is 16.5. The maximum Gasteiger partial charge on any atom is 0.338 e. The number of esters is 1. The van der Waals surface area contributed by atoms with Gasteiger partial charge in [0.1, 0.15) is 6.61 Å². The zero-order valence-electron chi connectivity index (χ0n) is 31.3. The number of aliphatic hydroxyl groups excluding tert-OH is 1. The highest BCUT2D eigenvalue weighted by Gasteiger charge is 2.41. The fraction of sp³-hybridized carbons (Fsp3) is 0.450. The predicted molar refractivity (Wildman–Crippen MR) is 201 cm³/mol. The van der Waals surface area contributed by atoms with Gasteiger partial charge in [-0.1, -0.05) is 13.8 Å². The zero-order chi connectivity index (χ0) is 38.4. The van der Waals surface area contributed by atoms with Gasteiger partial charge in [-0.05, 0) is 74.1 Å². The van der Waals surface area contributed by atoms with Gasteiger partial charge in [0.05, 0.1) is 64.6 Å². The standard InChI is InChI=1S/C40H46N6O8/c1-6-24-20(2)26-19-31-33(40(51)52)22(4)28(42-31)17-27-21(3)25(7-8-32(48)54-16-13-47)36(43-27)35-37-34(23(5)29(44-37)18-30(24)41-26)38(49)46(39(35)50)10-9-45-11-14-53-15-12-45/h17-19,21,25,42,44,47H,6-16H2,1-5H3,(H,51,52)/t21-,25-/m0/s1. The molecule has 8 bridgehead atoms. The summed E-state index contributed by atoms with van der Waals surface area (Å²) in [6.07, 6.45) is 0.939. The van der Waals surface area contributed by atoms with Gasteiger partial charge in [0, 0.05) is 61.2 Å². The van der Waals surface area contributed by atoms with Crippen molar-refractivity contribution in [2.75, 3.05) is 52.6 Å². The van der Waals surface area contributed by atoms with E-state index < -0.39 is 29.7 Å². The number of aromatic nitrogens is 4. The molecule has 284 valence electrons. The van der Waals surface area contributed by atoms with E-state index in [0.29, 0.717) is 101 Å². The molecule has 0 aromatic carbocycles. The average molecular weight is 739 g/mol. The van der Waals surface area contributed by atoms with Crippen LogP contribution in [0.3, 0.4) is 0 Å². The molecule has 0 unspecified atom stereocenters. The number of ether oxygens (including phenoxy) is 2. The summed E-state index contributed by atoms with van der Waals surface area (Å²) in [5, 5.41) is 19.6. The van der Waals surface area contributed by atoms with Gasteiger partial charge < -0.3 is 29.7 Å². The molecule has 2 atom stereocenters. The summed E-state index contributed by atoms with van der Waals surface area (Å²) in [5.74, 6) is -3.20. The minimum Gasteiger partial charge on any atom is -0.478 e. The fourth-order valence-corrected chi connectivity index (χ4v) is 8.17. The first-order valence-electron chi connectivity index (χ1n) is 18.6. The summed E-state index contributed by atoms with van der Waals surface area (Å²) >= 11 is 0. The van der Waals surface area contributed by atoms with E-state index in [1.165, 1.54) is 4.90 Å². The van der Waals surface area contributed by atoms with Gasteiger partial charge in [0.15, 0.2) is 0 Å². The Hall–Kier alpha value is -5.18. The van der Waals surface area contributed by atoms with Crippen molar-refractivity contribution in [3.05, 3.63) is 68.8 Å². The Balaban J connectivity index is 1.53. The molecule has 7 heterocycles. The van der Waals surface area contributed by atoms with Crippen LogP contribution in [-0.2, 0) is 14.3 Å². The number of aryl methyl sites for hydroxylation is 2. The number of aromatic amines is 2. The van der Waals surface area contributed by atoms with Crippen LogP contribution in [0.25, 0.3) is 33.2 Å². The van der Waals surface area contributed by atoms with Crippen LogP contribution < -0.4 is 0 Å². The number of aliphatic hydroxyl groups is 1. The van der Waals surface area contributed by atoms with Crippen LogP contribution in [0.2, 0.25) is 0 Å². The number of fused-ring (bicyclic) bond motifs is 8. The summed E-state index contributed by atoms with van der Waals surface area (Å²) in [5.41, 5.74) is 8.11. The Morgan fingerprint density at radius 2 is 1.65 bits per heavy atom. The number of allylic oxidation sites excluding steroid dienone is 2. The second-order valence-electron chi connectivity index (χ2n) is 14.3. The number of nitrogens with one attached hydrogen (secondary N) is 2. The molecule has 14 heteroatoms. The number of nitrogens with zero attached hydrogens (tertiary/aromatic N) is 4. The van der Waals surface area contributed by atoms with Crippen molar-refractivity contribution in [2.45, 2.75) is 65.7 Å². The molecule has 0 spiro atoms. The number of H-pyrrole nitrogens is 2. The van der Waals surface area contributed by atoms with Crippen LogP contribution in [0.4, 0.5) is 0 Å². The number of carboxylic acid groups (broad SMARTS) is 1. The third kappa shape index (κ3) is 6.52. The molecule has 0 aliphatic carbocycles. The predicted octanol–water partition coefficient (Wildman–Crippen LogP) is 5.10. The lowest BCUT2D eigenvalue weighted by atomic mass is 9.84. The summed E-state index contributed by atoms with van der Waals surface area (Å²) < 4.78 is 10.7. The van der Waals surface area contributed by atoms with E-state index in [1.54, 1.807) is 13.0 Å². The number of carboxylic acids is 1. The molecule has 0 radical (unpaired) electrons. The summed E-state index contributed by atoms with van der Waals surface area (Å²) in [6, 6.07) is 5.46. The highest BCUT2D eigenvalue weighted by molar-refractivity contribution is 6.23. The van der Waals surface area contributed by atoms with Crippen LogP contribution in [0, 0.1) is 13.8 Å². The maximum absolute atomic E-state index is 14.8. The van der Waals surface area contributed by atoms with Crippen molar-refractivity contribution in [1.82, 2.24) is 29.7 Å². The van der Waals surface area contributed by atoms with Gasteiger partial charge in [-0.2, -0.15) is 0 Å². The molecule has 7 rings (SSSR count). The number of imide groups is 1. The smallest absolute Gasteiger partial charge is 0.338 e. The number of aromatic carboxylic acids is 1. The highest BCUT2D eigenvalue weighted by Crippen LogP contribution is 2.44. The number of hydrogen-bond acceptors (Lipinski definition) is 10. The number of hydrogen-bond donors (Lipinski definition) is 4. The Morgan fingerprint density at radius 1 is 0.944 bits per heavy atom. The maximum atomic E-state index is 14.8. The lowest BCUT2D eigenvalue weighted by Gasteiger charge is -2.31. The molecule has 4 aliphatic rings. The summed E-state index contributed by atoms with van der Waals surface area (Å²) in [4.78, 5) is 74.9. The Kier molecular flexibility index (Phi) is 10.3. The van der Waals surface area contributed by atoms with Crippen molar-refractivity contribution >= 4 is 57.0 Å². The molecule has 4 aliphatic heterocycles. The molecule has 54 heavy (non-hydrogen) atoms. The van der Waals surface area contributed by atoms with Gasteiger partial charge in [0.2, 0.25) is 0 Å². The van der Waals surface area contributed by atoms with Crippen molar-refractivity contribution in [3.8, 4) is 0 Å². The van der Waals surface area contributed by atoms with E-state index >= 15 is 0 Å². The van der Waals surface area contributed by atoms with Crippen LogP contribution in [-0.4, -0.2) is 116 Å². The Labute approximate surface area is 312 Å². The Morgan fingerprint density at radius 3 is 2.35 bits per heavy atom. The van der Waals surface area contributed by atoms with E-state index in [1.807, 2.05) is 39.8 Å². The van der Waals surface area contributed by atoms with Crippen LogP contribution in [0.1, 0.15) is 117 Å². The van der Waals surface area contributed by atoms with E-state index in [2.05, 4.69) is 14.9 Å². The first-order chi connectivity index (χ1) is 25.9. The van der Waals surface area contributed by atoms with Crippen LogP contribution in [0.15, 0.2) is 18.2 Å². The quantitative estimate of drug-likeness (QED) is 0.160. The second kappa shape index (κ2) is 14.9. The van der Waals surface area contributed by atoms with Crippen molar-refractivity contribution in [1.29, 1.82) is 0 Å². The number of rotatable bonds is 10. The molecule has 2 amide bonds. The Bertz CT molecular complexity index is 2260. The molecule has 1 fully saturated rings. The fourth-order valence-electron chi connectivity index (χ4n) is 8.17. The first-order valence-corrected chi connectivity index (χ1v) is 18.6. The largest absolute Gasteiger partial charge is 0.478 e. The van der Waals surface area contributed by atoms with E-state index in [0.717, 1.165) is 11.1 Å². The normalized spacial score (nSPS) is 18.8. The van der Waals surface area contributed by atoms with E-state index in [4.69, 9.17) is 19.4 Å². The number of carbonyl (C=O) groups excluding carboxylic acids is 3. The van der Waals surface area contributed by atoms with Crippen molar-refractivity contribution in [3.63, 3.8) is 0 Å². The van der Waals surface area contributed by atoms with E-state index in [9.17, 15) is 29.4 Å². The molecule has 1 saturated heterocycles. The minimum atomic E-state index is -1.08. The SMILES string of the molecule is CCC1=C(C)c2cc3[nH]c(cc4nc(c5c6[nH]c(cc1n2)c(C)c6C(=O)N(CCN1CCOCC1)C5=O)[C@@H](CCC(=O)OCCO)[C@@H]4C)c(C)c3C(=O)O. The third-order valence-electron chi connectivity index (χ3n) is 11.3. The lowest BCUT2D eigenvalue weighted by molar-refractivity contribution is -0.144. The van der Waals surface area contributed by atoms with E-state index in [-0.39, 0.29) is 49.6 Å². The van der Waals surface area contributed by atoms with Gasteiger partial charge in [-0.15, -0.1) is 0 Å². The first kappa shape index (κ1) is 37.1. The number of carbonyl (C=O) groups is 4. The molecule has 3 aromatic rings. The third-order valence-corrected chi connectivity index (χ3v) is 11.3. The molecule has 3 aromatic heterocycles. The van der Waals surface area contributed by atoms with Gasteiger partial charge in [0.25, 0.3) is 11.8 Å². The average Bonchev–Trinajstić information content (AvgIpc) is 3.83. The molecule has 0 saturated carbocycles. The topological polar surface area (TPSA) is 191 Å². The zero-order valence-corrected chi connectivity index (χ0v) is 31.3. The van der Waals surface area contributed by atoms with Crippen LogP contribution >= 0.6 is 0 Å². The van der Waals surface area contributed by atoms with Gasteiger partial charge >= 0.3 is 11.9 Å². The summed E-state index contributed by atoms with van der Waals surface area (Å²) in [6.45, 7) is 12.3. The molecule has 14 nitrogen and oxygen atoms in total. The molecular weight excluding hydrogens is 692 g/mol. The van der Waals surface area contributed by atoms with Gasteiger partial charge in [-0.25, -0.2) is 9.78 Å². The van der Waals surface area contributed by atoms with Gasteiger partial charge in [-0.3, -0.25) is 29.2 Å². The number of morpholine rings is 1.